The van der Waals surface area contributed by atoms with Crippen LogP contribution in [-0.2, 0) is 0 Å². The first-order chi connectivity index (χ1) is 9.63. The molecule has 1 unspecified atom stereocenters. The van der Waals surface area contributed by atoms with Crippen LogP contribution >= 0.6 is 0 Å². The van der Waals surface area contributed by atoms with Crippen molar-refractivity contribution in [2.24, 2.45) is 23.2 Å². The fraction of sp³-hybridized carbons (Fsp3) is 1.00. The van der Waals surface area contributed by atoms with E-state index >= 15 is 0 Å². The molecule has 4 saturated carbocycles. The summed E-state index contributed by atoms with van der Waals surface area (Å²) in [6.45, 7) is 5.09. The standard InChI is InChI=1S/C18H32N2/c1-13(19-17-3-5-20(2)6-4-17)18-10-14-7-15(11-18)9-16(8-14)12-18/h13-17,19H,3-12H2,1-2H3. The Kier molecular flexibility index (Phi) is 3.38. The Labute approximate surface area is 124 Å². The van der Waals surface area contributed by atoms with Crippen molar-refractivity contribution < 1.29 is 0 Å². The van der Waals surface area contributed by atoms with Gasteiger partial charge in [-0.15, -0.1) is 0 Å². The second kappa shape index (κ2) is 4.98. The van der Waals surface area contributed by atoms with Crippen LogP contribution in [-0.4, -0.2) is 37.1 Å². The predicted octanol–water partition coefficient (Wildman–Crippen LogP) is 3.28. The van der Waals surface area contributed by atoms with Gasteiger partial charge in [-0.25, -0.2) is 0 Å². The first-order valence-corrected chi connectivity index (χ1v) is 9.07. The third-order valence-electron chi connectivity index (χ3n) is 7.21. The lowest BCUT2D eigenvalue weighted by Gasteiger charge is -2.59. The Morgan fingerprint density at radius 1 is 0.950 bits per heavy atom. The van der Waals surface area contributed by atoms with Crippen LogP contribution in [0.1, 0.15) is 58.3 Å². The normalized spacial score (nSPS) is 46.8. The van der Waals surface area contributed by atoms with Crippen LogP contribution in [0.5, 0.6) is 0 Å². The molecule has 2 nitrogen and oxygen atoms in total. The largest absolute Gasteiger partial charge is 0.311 e. The third kappa shape index (κ3) is 2.33. The molecular formula is C18H32N2. The van der Waals surface area contributed by atoms with Gasteiger partial charge in [-0.2, -0.15) is 0 Å². The average molecular weight is 276 g/mol. The van der Waals surface area contributed by atoms with E-state index in [9.17, 15) is 0 Å². The number of hydrogen-bond donors (Lipinski definition) is 1. The highest BCUT2D eigenvalue weighted by Crippen LogP contribution is 2.61. The van der Waals surface area contributed by atoms with E-state index in [0.717, 1.165) is 29.8 Å². The van der Waals surface area contributed by atoms with Crippen molar-refractivity contribution in [3.63, 3.8) is 0 Å². The number of piperidine rings is 1. The first-order valence-electron chi connectivity index (χ1n) is 9.07. The minimum Gasteiger partial charge on any atom is -0.311 e. The molecular weight excluding hydrogens is 244 g/mol. The van der Waals surface area contributed by atoms with Crippen molar-refractivity contribution in [2.75, 3.05) is 20.1 Å². The second-order valence-electron chi connectivity index (χ2n) is 8.75. The number of hydrogen-bond acceptors (Lipinski definition) is 2. The zero-order chi connectivity index (χ0) is 13.7. The molecule has 1 atom stereocenters. The van der Waals surface area contributed by atoms with Gasteiger partial charge in [-0.05, 0) is 102 Å². The van der Waals surface area contributed by atoms with Gasteiger partial charge < -0.3 is 10.2 Å². The van der Waals surface area contributed by atoms with Crippen molar-refractivity contribution >= 4 is 0 Å². The lowest BCUT2D eigenvalue weighted by molar-refractivity contribution is -0.0730. The van der Waals surface area contributed by atoms with Gasteiger partial charge >= 0.3 is 0 Å². The highest BCUT2D eigenvalue weighted by atomic mass is 15.1. The Balaban J connectivity index is 1.41. The molecule has 1 N–H and O–H groups in total. The van der Waals surface area contributed by atoms with Crippen LogP contribution < -0.4 is 5.32 Å². The SMILES string of the molecule is CC(NC1CCN(C)CC1)C12CC3CC(CC(C3)C1)C2. The molecule has 0 amide bonds. The highest BCUT2D eigenvalue weighted by molar-refractivity contribution is 5.05. The van der Waals surface area contributed by atoms with E-state index < -0.39 is 0 Å². The van der Waals surface area contributed by atoms with Crippen LogP contribution in [0.4, 0.5) is 0 Å². The third-order valence-corrected chi connectivity index (χ3v) is 7.21. The summed E-state index contributed by atoms with van der Waals surface area (Å²) in [4.78, 5) is 2.48. The molecule has 0 aromatic carbocycles. The maximum Gasteiger partial charge on any atom is 0.00981 e. The fourth-order valence-corrected chi connectivity index (χ4v) is 6.41. The van der Waals surface area contributed by atoms with Gasteiger partial charge in [0.25, 0.3) is 0 Å². The molecule has 4 bridgehead atoms. The molecule has 0 spiro atoms. The van der Waals surface area contributed by atoms with Gasteiger partial charge in [0, 0.05) is 12.1 Å². The molecule has 114 valence electrons. The molecule has 5 aliphatic rings. The monoisotopic (exact) mass is 276 g/mol. The van der Waals surface area contributed by atoms with Crippen LogP contribution in [0.25, 0.3) is 0 Å². The van der Waals surface area contributed by atoms with Gasteiger partial charge in [0.1, 0.15) is 0 Å². The predicted molar refractivity (Wildman–Crippen MR) is 83.7 cm³/mol. The van der Waals surface area contributed by atoms with E-state index in [1.54, 1.807) is 38.5 Å². The minimum absolute atomic E-state index is 0.679. The molecule has 20 heavy (non-hydrogen) atoms. The summed E-state index contributed by atoms with van der Waals surface area (Å²) in [5.41, 5.74) is 0.679. The molecule has 4 aliphatic carbocycles. The van der Waals surface area contributed by atoms with E-state index in [2.05, 4.69) is 24.2 Å². The summed E-state index contributed by atoms with van der Waals surface area (Å²) in [5, 5.41) is 4.07. The van der Waals surface area contributed by atoms with E-state index in [-0.39, 0.29) is 0 Å². The van der Waals surface area contributed by atoms with E-state index in [1.807, 2.05) is 0 Å². The average Bonchev–Trinajstić information content (AvgIpc) is 2.40. The van der Waals surface area contributed by atoms with Crippen molar-refractivity contribution in [3.8, 4) is 0 Å². The quantitative estimate of drug-likeness (QED) is 0.851. The smallest absolute Gasteiger partial charge is 0.00981 e. The van der Waals surface area contributed by atoms with Crippen molar-refractivity contribution in [3.05, 3.63) is 0 Å². The number of nitrogens with one attached hydrogen (secondary N) is 1. The van der Waals surface area contributed by atoms with Gasteiger partial charge in [-0.1, -0.05) is 0 Å². The maximum absolute atomic E-state index is 4.07. The van der Waals surface area contributed by atoms with Crippen LogP contribution in [0.2, 0.25) is 0 Å². The summed E-state index contributed by atoms with van der Waals surface area (Å²) < 4.78 is 0. The van der Waals surface area contributed by atoms with Gasteiger partial charge in [0.15, 0.2) is 0 Å². The van der Waals surface area contributed by atoms with Gasteiger partial charge in [0.2, 0.25) is 0 Å². The first kappa shape index (κ1) is 13.6. The number of nitrogens with zero attached hydrogens (tertiary/aromatic N) is 1. The zero-order valence-corrected chi connectivity index (χ0v) is 13.4. The fourth-order valence-electron chi connectivity index (χ4n) is 6.41. The molecule has 5 fully saturated rings. The number of rotatable bonds is 3. The molecule has 0 radical (unpaired) electrons. The maximum atomic E-state index is 4.07. The summed E-state index contributed by atoms with van der Waals surface area (Å²) in [6, 6.07) is 1.54. The molecule has 2 heteroatoms. The summed E-state index contributed by atoms with van der Waals surface area (Å²) in [5.74, 6) is 3.26. The molecule has 5 rings (SSSR count). The molecule has 1 aliphatic heterocycles. The Morgan fingerprint density at radius 2 is 1.45 bits per heavy atom. The number of likely N-dealkylation sites (tertiary alicyclic amines) is 1. The Morgan fingerprint density at radius 3 is 1.95 bits per heavy atom. The molecule has 0 aromatic rings. The summed E-state index contributed by atoms with van der Waals surface area (Å²) in [6.07, 6.45) is 12.0. The summed E-state index contributed by atoms with van der Waals surface area (Å²) in [7, 11) is 2.26. The lowest BCUT2D eigenvalue weighted by Crippen LogP contribution is -2.57. The van der Waals surface area contributed by atoms with E-state index in [4.69, 9.17) is 0 Å². The molecule has 1 heterocycles. The van der Waals surface area contributed by atoms with Crippen molar-refractivity contribution in [1.29, 1.82) is 0 Å². The van der Waals surface area contributed by atoms with Gasteiger partial charge in [-0.3, -0.25) is 0 Å². The Hall–Kier alpha value is -0.0800. The second-order valence-corrected chi connectivity index (χ2v) is 8.75. The lowest BCUT2D eigenvalue weighted by atomic mass is 9.48. The topological polar surface area (TPSA) is 15.3 Å². The van der Waals surface area contributed by atoms with E-state index in [0.29, 0.717) is 5.41 Å². The zero-order valence-electron chi connectivity index (χ0n) is 13.4. The summed E-state index contributed by atoms with van der Waals surface area (Å²) >= 11 is 0. The van der Waals surface area contributed by atoms with Crippen LogP contribution in [0.15, 0.2) is 0 Å². The highest BCUT2D eigenvalue weighted by Gasteiger charge is 2.53. The van der Waals surface area contributed by atoms with Crippen molar-refractivity contribution in [1.82, 2.24) is 10.2 Å². The minimum atomic E-state index is 0.679. The molecule has 0 aromatic heterocycles. The Bertz CT molecular complexity index is 321. The van der Waals surface area contributed by atoms with Crippen molar-refractivity contribution in [2.45, 2.75) is 70.4 Å². The van der Waals surface area contributed by atoms with Crippen LogP contribution in [0, 0.1) is 23.2 Å². The van der Waals surface area contributed by atoms with E-state index in [1.165, 1.54) is 25.9 Å². The van der Waals surface area contributed by atoms with Crippen LogP contribution in [0.3, 0.4) is 0 Å². The van der Waals surface area contributed by atoms with Gasteiger partial charge in [0.05, 0.1) is 0 Å². The molecule has 1 saturated heterocycles.